The lowest BCUT2D eigenvalue weighted by Crippen LogP contribution is -2.20. The molecule has 0 aromatic heterocycles. The van der Waals surface area contributed by atoms with Crippen molar-refractivity contribution in [2.75, 3.05) is 6.61 Å². The van der Waals surface area contributed by atoms with Gasteiger partial charge in [-0.2, -0.15) is 12.6 Å². The Morgan fingerprint density at radius 1 is 1.03 bits per heavy atom. The smallest absolute Gasteiger partial charge is 0.330 e. The summed E-state index contributed by atoms with van der Waals surface area (Å²) < 4.78 is 4.84. The van der Waals surface area contributed by atoms with Crippen molar-refractivity contribution in [1.29, 1.82) is 0 Å². The molecule has 0 aliphatic carbocycles. The number of carbonyl (C=O) groups excluding carboxylic acids is 1. The van der Waals surface area contributed by atoms with Crippen molar-refractivity contribution in [3.63, 3.8) is 0 Å². The molecule has 0 bridgehead atoms. The van der Waals surface area contributed by atoms with Gasteiger partial charge in [0.2, 0.25) is 0 Å². The van der Waals surface area contributed by atoms with E-state index in [0.29, 0.717) is 18.8 Å². The van der Waals surface area contributed by atoms with E-state index in [1.807, 2.05) is 53.7 Å². The molecule has 34 heavy (non-hydrogen) atoms. The van der Waals surface area contributed by atoms with E-state index in [9.17, 15) is 14.7 Å². The Balaban J connectivity index is 0.000000722. The highest BCUT2D eigenvalue weighted by Crippen LogP contribution is 2.40. The lowest BCUT2D eigenvalue weighted by Gasteiger charge is -2.28. The zero-order valence-electron chi connectivity index (χ0n) is 22.4. The highest BCUT2D eigenvalue weighted by atomic mass is 32.1. The van der Waals surface area contributed by atoms with Crippen LogP contribution >= 0.6 is 12.6 Å². The van der Waals surface area contributed by atoms with Crippen LogP contribution in [0.25, 0.3) is 0 Å². The van der Waals surface area contributed by atoms with Crippen LogP contribution in [0.5, 0.6) is 5.75 Å². The first-order chi connectivity index (χ1) is 15.5. The maximum Gasteiger partial charge on any atom is 0.330 e. The van der Waals surface area contributed by atoms with Crippen LogP contribution in [-0.4, -0.2) is 34.0 Å². The van der Waals surface area contributed by atoms with Gasteiger partial charge in [0.1, 0.15) is 11.0 Å². The molecule has 0 aliphatic heterocycles. The number of ether oxygens (including phenoxy) is 1. The average molecular weight is 495 g/mol. The second-order valence-corrected chi connectivity index (χ2v) is 11.8. The first-order valence-electron chi connectivity index (χ1n) is 12.1. The third kappa shape index (κ3) is 12.5. The zero-order valence-corrected chi connectivity index (χ0v) is 23.3. The van der Waals surface area contributed by atoms with Crippen molar-refractivity contribution >= 4 is 24.6 Å². The molecule has 5 nitrogen and oxygen atoms in total. The predicted octanol–water partition coefficient (Wildman–Crippen LogP) is 6.84. The monoisotopic (exact) mass is 494 g/mol. The van der Waals surface area contributed by atoms with Crippen LogP contribution in [0.1, 0.15) is 97.8 Å². The van der Waals surface area contributed by atoms with E-state index in [4.69, 9.17) is 9.84 Å². The number of hydrogen-bond donors (Lipinski definition) is 3. The van der Waals surface area contributed by atoms with E-state index in [2.05, 4.69) is 33.1 Å². The van der Waals surface area contributed by atoms with Gasteiger partial charge < -0.3 is 14.9 Å². The molecule has 0 saturated heterocycles. The molecular weight excluding hydrogens is 448 g/mol. The molecule has 0 fully saturated rings. The summed E-state index contributed by atoms with van der Waals surface area (Å²) in [4.78, 5) is 21.6. The molecule has 6 heteroatoms. The number of aliphatic carboxylic acids is 1. The summed E-state index contributed by atoms with van der Waals surface area (Å²) in [6.07, 6.45) is 6.13. The SMILES string of the molecule is C=CC(=O)OCCCCCC(C)C.CC(C)(C)c1cc(CC(S)C(=O)O)cc(C(C)(C)C)c1O. The maximum absolute atomic E-state index is 11.0. The fraction of sp³-hybridized carbons (Fsp3) is 0.643. The fourth-order valence-corrected chi connectivity index (χ4v) is 3.54. The van der Waals surface area contributed by atoms with Crippen molar-refractivity contribution in [2.45, 2.75) is 104 Å². The lowest BCUT2D eigenvalue weighted by molar-refractivity contribution is -0.138. The first-order valence-corrected chi connectivity index (χ1v) is 12.6. The number of thiol groups is 1. The predicted molar refractivity (Wildman–Crippen MR) is 144 cm³/mol. The fourth-order valence-electron chi connectivity index (χ4n) is 3.33. The maximum atomic E-state index is 11.0. The third-order valence-electron chi connectivity index (χ3n) is 5.34. The van der Waals surface area contributed by atoms with Gasteiger partial charge in [-0.1, -0.05) is 93.4 Å². The minimum atomic E-state index is -0.930. The van der Waals surface area contributed by atoms with Gasteiger partial charge in [0.15, 0.2) is 0 Å². The van der Waals surface area contributed by atoms with Crippen LogP contribution in [0.2, 0.25) is 0 Å². The number of carboxylic acids is 1. The highest BCUT2D eigenvalue weighted by molar-refractivity contribution is 7.81. The minimum absolute atomic E-state index is 0.213. The van der Waals surface area contributed by atoms with Gasteiger partial charge >= 0.3 is 11.9 Å². The van der Waals surface area contributed by atoms with Crippen molar-refractivity contribution in [3.05, 3.63) is 41.5 Å². The van der Waals surface area contributed by atoms with E-state index in [0.717, 1.165) is 35.4 Å². The third-order valence-corrected chi connectivity index (χ3v) is 5.74. The van der Waals surface area contributed by atoms with Crippen molar-refractivity contribution in [2.24, 2.45) is 5.92 Å². The minimum Gasteiger partial charge on any atom is -0.507 e. The van der Waals surface area contributed by atoms with Crippen LogP contribution in [-0.2, 0) is 31.6 Å². The molecule has 1 aromatic carbocycles. The van der Waals surface area contributed by atoms with Gasteiger partial charge in [-0.15, -0.1) is 0 Å². The second kappa shape index (κ2) is 14.4. The molecule has 0 heterocycles. The molecule has 0 saturated carbocycles. The van der Waals surface area contributed by atoms with Gasteiger partial charge in [-0.25, -0.2) is 4.79 Å². The first kappa shape index (κ1) is 32.0. The van der Waals surface area contributed by atoms with Crippen LogP contribution in [0.4, 0.5) is 0 Å². The number of unbranched alkanes of at least 4 members (excludes halogenated alkanes) is 2. The van der Waals surface area contributed by atoms with Gasteiger partial charge in [0.25, 0.3) is 0 Å². The summed E-state index contributed by atoms with van der Waals surface area (Å²) in [6, 6.07) is 3.80. The number of phenolic OH excluding ortho intramolecular Hbond substituents is 1. The number of phenols is 1. The molecule has 1 atom stereocenters. The quantitative estimate of drug-likeness (QED) is 0.143. The molecule has 0 amide bonds. The van der Waals surface area contributed by atoms with E-state index >= 15 is 0 Å². The summed E-state index contributed by atoms with van der Waals surface area (Å²) in [5, 5.41) is 18.9. The topological polar surface area (TPSA) is 83.8 Å². The second-order valence-electron chi connectivity index (χ2n) is 11.2. The zero-order chi connectivity index (χ0) is 26.7. The van der Waals surface area contributed by atoms with E-state index < -0.39 is 11.2 Å². The van der Waals surface area contributed by atoms with Gasteiger partial charge in [-0.05, 0) is 46.3 Å². The number of carbonyl (C=O) groups is 2. The van der Waals surface area contributed by atoms with Crippen LogP contribution < -0.4 is 0 Å². The number of aromatic hydroxyl groups is 1. The standard InChI is InChI=1S/C17H26O3S.C11H20O2/c1-16(2,3)11-7-10(9-13(21)15(19)20)8-12(14(11)18)17(4,5)6;1-4-11(12)13-9-7-5-6-8-10(2)3/h7-8,13,18,21H,9H2,1-6H3,(H,19,20);4,10H,1,5-9H2,2-3H3. The van der Waals surface area contributed by atoms with Gasteiger partial charge in [0, 0.05) is 6.08 Å². The molecule has 0 spiro atoms. The van der Waals surface area contributed by atoms with Crippen LogP contribution in [0.15, 0.2) is 24.8 Å². The molecule has 1 rings (SSSR count). The Hall–Kier alpha value is -1.95. The largest absolute Gasteiger partial charge is 0.507 e. The van der Waals surface area contributed by atoms with Crippen molar-refractivity contribution < 1.29 is 24.5 Å². The van der Waals surface area contributed by atoms with Crippen molar-refractivity contribution in [1.82, 2.24) is 0 Å². The molecule has 0 radical (unpaired) electrons. The number of hydrogen-bond acceptors (Lipinski definition) is 5. The Morgan fingerprint density at radius 3 is 1.91 bits per heavy atom. The summed E-state index contributed by atoms with van der Waals surface area (Å²) in [7, 11) is 0. The van der Waals surface area contributed by atoms with E-state index in [-0.39, 0.29) is 16.8 Å². The number of benzene rings is 1. The lowest BCUT2D eigenvalue weighted by atomic mass is 9.78. The number of rotatable bonds is 10. The number of carboxylic acid groups (broad SMARTS) is 1. The Labute approximate surface area is 212 Å². The molecular formula is C28H46O5S. The summed E-state index contributed by atoms with van der Waals surface area (Å²) in [5.41, 5.74) is 2.15. The molecule has 194 valence electrons. The Bertz CT molecular complexity index is 765. The summed E-state index contributed by atoms with van der Waals surface area (Å²) in [6.45, 7) is 20.5. The molecule has 1 unspecified atom stereocenters. The van der Waals surface area contributed by atoms with Gasteiger partial charge in [0.05, 0.1) is 6.61 Å². The van der Waals surface area contributed by atoms with E-state index in [1.54, 1.807) is 0 Å². The molecule has 1 aromatic rings. The highest BCUT2D eigenvalue weighted by Gasteiger charge is 2.27. The number of esters is 1. The Kier molecular flexibility index (Phi) is 13.6. The normalized spacial score (nSPS) is 12.5. The van der Waals surface area contributed by atoms with Gasteiger partial charge in [-0.3, -0.25) is 4.79 Å². The van der Waals surface area contributed by atoms with Crippen molar-refractivity contribution in [3.8, 4) is 5.75 Å². The summed E-state index contributed by atoms with van der Waals surface area (Å²) in [5.74, 6) is -0.162. The van der Waals surface area contributed by atoms with Crippen LogP contribution in [0.3, 0.4) is 0 Å². The summed E-state index contributed by atoms with van der Waals surface area (Å²) >= 11 is 4.11. The Morgan fingerprint density at radius 2 is 1.53 bits per heavy atom. The molecule has 2 N–H and O–H groups in total. The van der Waals surface area contributed by atoms with Crippen LogP contribution in [0, 0.1) is 5.92 Å². The average Bonchev–Trinajstić information content (AvgIpc) is 2.69. The molecule has 0 aliphatic rings. The van der Waals surface area contributed by atoms with E-state index in [1.165, 1.54) is 18.9 Å².